The second-order valence-corrected chi connectivity index (χ2v) is 9.12. The smallest absolute Gasteiger partial charge is 0.441 e. The molecule has 1 heterocycles. The van der Waals surface area contributed by atoms with Crippen molar-refractivity contribution in [3.05, 3.63) is 22.3 Å². The van der Waals surface area contributed by atoms with Crippen LogP contribution >= 0.6 is 31.9 Å². The van der Waals surface area contributed by atoms with Crippen LogP contribution in [-0.2, 0) is 19.7 Å². The number of nitrogens with zero attached hydrogens (tertiary/aromatic N) is 2. The van der Waals surface area contributed by atoms with Crippen LogP contribution in [0.25, 0.3) is 0 Å². The number of carbonyl (C=O) groups excluding carboxylic acids is 2. The molecule has 1 aromatic heterocycles. The molecule has 0 aliphatic carbocycles. The standard InChI is InChI=1S/C17H24Br2N2O4/c1-16(2,3)9-14(22)25-21(15(23)24-17(4,5)6)13-8-7-11(19)12(10-18)20-13/h7-8H,9-10H2,1-6H3. The van der Waals surface area contributed by atoms with Gasteiger partial charge < -0.3 is 9.57 Å². The Balaban J connectivity index is 3.15. The molecule has 6 nitrogen and oxygen atoms in total. The fraction of sp³-hybridized carbons (Fsp3) is 0.588. The fourth-order valence-corrected chi connectivity index (χ4v) is 2.89. The lowest BCUT2D eigenvalue weighted by atomic mass is 9.93. The second-order valence-electron chi connectivity index (χ2n) is 7.71. The van der Waals surface area contributed by atoms with E-state index in [1.165, 1.54) is 0 Å². The summed E-state index contributed by atoms with van der Waals surface area (Å²) in [5.41, 5.74) is -0.345. The van der Waals surface area contributed by atoms with Crippen LogP contribution in [0.2, 0.25) is 0 Å². The van der Waals surface area contributed by atoms with Gasteiger partial charge in [-0.15, -0.1) is 0 Å². The van der Waals surface area contributed by atoms with Crippen molar-refractivity contribution in [1.82, 2.24) is 4.98 Å². The summed E-state index contributed by atoms with van der Waals surface area (Å²) >= 11 is 6.71. The lowest BCUT2D eigenvalue weighted by Crippen LogP contribution is -2.39. The van der Waals surface area contributed by atoms with Crippen molar-refractivity contribution in [3.63, 3.8) is 0 Å². The van der Waals surface area contributed by atoms with Crippen LogP contribution in [0, 0.1) is 5.41 Å². The van der Waals surface area contributed by atoms with Gasteiger partial charge in [0.2, 0.25) is 0 Å². The van der Waals surface area contributed by atoms with Crippen LogP contribution in [0.5, 0.6) is 0 Å². The molecular weight excluding hydrogens is 456 g/mol. The molecule has 0 spiro atoms. The largest absolute Gasteiger partial charge is 0.450 e. The first-order valence-electron chi connectivity index (χ1n) is 7.78. The van der Waals surface area contributed by atoms with Gasteiger partial charge >= 0.3 is 12.1 Å². The van der Waals surface area contributed by atoms with Gasteiger partial charge in [-0.05, 0) is 54.2 Å². The molecule has 0 aliphatic heterocycles. The SMILES string of the molecule is CC(C)(C)CC(=O)ON(C(=O)OC(C)(C)C)c1ccc(Br)c(CBr)n1. The zero-order chi connectivity index (χ0) is 19.4. The Bertz CT molecular complexity index is 637. The molecule has 8 heteroatoms. The number of ether oxygens (including phenoxy) is 1. The van der Waals surface area contributed by atoms with E-state index in [1.807, 2.05) is 20.8 Å². The van der Waals surface area contributed by atoms with Crippen molar-refractivity contribution in [2.24, 2.45) is 5.41 Å². The highest BCUT2D eigenvalue weighted by Crippen LogP contribution is 2.25. The van der Waals surface area contributed by atoms with Crippen molar-refractivity contribution in [2.75, 3.05) is 5.06 Å². The van der Waals surface area contributed by atoms with Crippen LogP contribution in [-0.4, -0.2) is 22.6 Å². The molecule has 25 heavy (non-hydrogen) atoms. The highest BCUT2D eigenvalue weighted by molar-refractivity contribution is 9.10. The Morgan fingerprint density at radius 3 is 2.24 bits per heavy atom. The van der Waals surface area contributed by atoms with Crippen molar-refractivity contribution in [1.29, 1.82) is 0 Å². The first-order valence-corrected chi connectivity index (χ1v) is 9.69. The van der Waals surface area contributed by atoms with E-state index in [2.05, 4.69) is 36.8 Å². The summed E-state index contributed by atoms with van der Waals surface area (Å²) in [7, 11) is 0. The van der Waals surface area contributed by atoms with Crippen molar-refractivity contribution in [2.45, 2.75) is 58.9 Å². The van der Waals surface area contributed by atoms with Gasteiger partial charge in [0, 0.05) is 9.80 Å². The maximum atomic E-state index is 12.5. The highest BCUT2D eigenvalue weighted by Gasteiger charge is 2.30. The predicted molar refractivity (Wildman–Crippen MR) is 103 cm³/mol. The molecule has 1 amide bonds. The Kier molecular flexibility index (Phi) is 7.43. The molecule has 1 rings (SSSR count). The number of alkyl halides is 1. The average Bonchev–Trinajstić information content (AvgIpc) is 2.41. The van der Waals surface area contributed by atoms with Gasteiger partial charge in [-0.3, -0.25) is 0 Å². The number of amides is 1. The van der Waals surface area contributed by atoms with Crippen LogP contribution in [0.4, 0.5) is 10.6 Å². The quantitative estimate of drug-likeness (QED) is 0.430. The molecule has 0 radical (unpaired) electrons. The minimum absolute atomic E-state index is 0.147. The molecule has 0 fully saturated rings. The number of carbonyl (C=O) groups is 2. The zero-order valence-corrected chi connectivity index (χ0v) is 18.5. The zero-order valence-electron chi connectivity index (χ0n) is 15.4. The molecule has 0 aliphatic rings. The minimum Gasteiger partial charge on any atom is -0.441 e. The summed E-state index contributed by atoms with van der Waals surface area (Å²) in [6.45, 7) is 10.9. The van der Waals surface area contributed by atoms with Gasteiger partial charge in [0.25, 0.3) is 0 Å². The molecule has 140 valence electrons. The van der Waals surface area contributed by atoms with Crippen molar-refractivity contribution < 1.29 is 19.2 Å². The van der Waals surface area contributed by atoms with E-state index in [1.54, 1.807) is 32.9 Å². The van der Waals surface area contributed by atoms with E-state index in [-0.39, 0.29) is 17.7 Å². The van der Waals surface area contributed by atoms with Crippen LogP contribution < -0.4 is 5.06 Å². The summed E-state index contributed by atoms with van der Waals surface area (Å²) in [6, 6.07) is 3.30. The van der Waals surface area contributed by atoms with Crippen molar-refractivity contribution in [3.8, 4) is 0 Å². The van der Waals surface area contributed by atoms with E-state index in [4.69, 9.17) is 9.57 Å². The molecule has 0 atom stereocenters. The lowest BCUT2D eigenvalue weighted by Gasteiger charge is -2.26. The summed E-state index contributed by atoms with van der Waals surface area (Å²) in [6.07, 6.45) is -0.654. The molecule has 0 N–H and O–H groups in total. The number of pyridine rings is 1. The molecule has 1 aromatic rings. The maximum Gasteiger partial charge on any atom is 0.450 e. The third-order valence-corrected chi connectivity index (χ3v) is 3.92. The summed E-state index contributed by atoms with van der Waals surface area (Å²) in [4.78, 5) is 34.4. The third-order valence-electron chi connectivity index (χ3n) is 2.67. The number of aromatic nitrogens is 1. The summed E-state index contributed by atoms with van der Waals surface area (Å²) in [5, 5.41) is 1.28. The molecule has 0 saturated carbocycles. The number of rotatable bonds is 3. The van der Waals surface area contributed by atoms with Gasteiger partial charge in [0.15, 0.2) is 5.82 Å². The topological polar surface area (TPSA) is 68.7 Å². The Labute approximate surface area is 165 Å². The van der Waals surface area contributed by atoms with E-state index in [9.17, 15) is 9.59 Å². The van der Waals surface area contributed by atoms with Gasteiger partial charge in [0.05, 0.1) is 12.1 Å². The van der Waals surface area contributed by atoms with Gasteiger partial charge in [-0.1, -0.05) is 41.8 Å². The molecule has 0 saturated heterocycles. The second kappa shape index (κ2) is 8.49. The maximum absolute atomic E-state index is 12.5. The average molecular weight is 480 g/mol. The first-order chi connectivity index (χ1) is 11.3. The molecule has 0 unspecified atom stereocenters. The lowest BCUT2D eigenvalue weighted by molar-refractivity contribution is -0.147. The van der Waals surface area contributed by atoms with Crippen molar-refractivity contribution >= 4 is 49.7 Å². The molecular formula is C17H24Br2N2O4. The van der Waals surface area contributed by atoms with Gasteiger partial charge in [0.1, 0.15) is 5.60 Å². The van der Waals surface area contributed by atoms with Gasteiger partial charge in [-0.2, -0.15) is 0 Å². The van der Waals surface area contributed by atoms with E-state index in [0.29, 0.717) is 11.0 Å². The first kappa shape index (κ1) is 21.9. The van der Waals surface area contributed by atoms with Crippen LogP contribution in [0.15, 0.2) is 16.6 Å². The van der Waals surface area contributed by atoms with E-state index in [0.717, 1.165) is 9.54 Å². The number of hydrogen-bond donors (Lipinski definition) is 0. The van der Waals surface area contributed by atoms with Crippen LogP contribution in [0.1, 0.15) is 53.7 Å². The normalized spacial score (nSPS) is 11.8. The number of anilines is 1. The third kappa shape index (κ3) is 7.73. The minimum atomic E-state index is -0.801. The molecule has 0 aromatic carbocycles. The van der Waals surface area contributed by atoms with Crippen LogP contribution in [0.3, 0.4) is 0 Å². The van der Waals surface area contributed by atoms with E-state index < -0.39 is 17.7 Å². The van der Waals surface area contributed by atoms with E-state index >= 15 is 0 Å². The Morgan fingerprint density at radius 1 is 1.16 bits per heavy atom. The molecule has 0 bridgehead atoms. The predicted octanol–water partition coefficient (Wildman–Crippen LogP) is 5.37. The fourth-order valence-electron chi connectivity index (χ4n) is 1.73. The Morgan fingerprint density at radius 2 is 1.76 bits per heavy atom. The van der Waals surface area contributed by atoms with Gasteiger partial charge in [-0.25, -0.2) is 14.6 Å². The summed E-state index contributed by atoms with van der Waals surface area (Å²) in [5.74, 6) is -0.363. The number of hydrogen-bond acceptors (Lipinski definition) is 5. The number of hydroxylamine groups is 1. The number of halogens is 2. The highest BCUT2D eigenvalue weighted by atomic mass is 79.9. The Hall–Kier alpha value is -1.15. The monoisotopic (exact) mass is 478 g/mol. The summed E-state index contributed by atoms with van der Waals surface area (Å²) < 4.78 is 6.11.